The molecular formula is C24H29N3O4. The van der Waals surface area contributed by atoms with E-state index in [1.807, 2.05) is 37.3 Å². The molecule has 1 atom stereocenters. The maximum Gasteiger partial charge on any atom is 0.311 e. The molecule has 2 aromatic rings. The molecule has 1 unspecified atom stereocenters. The molecule has 7 heteroatoms. The second kappa shape index (κ2) is 9.39. The van der Waals surface area contributed by atoms with Crippen LogP contribution in [0.5, 0.6) is 11.5 Å². The summed E-state index contributed by atoms with van der Waals surface area (Å²) in [4.78, 5) is 29.0. The highest BCUT2D eigenvalue weighted by molar-refractivity contribution is 6.35. The molecule has 0 aromatic heterocycles. The Hall–Kier alpha value is -3.06. The van der Waals surface area contributed by atoms with Crippen LogP contribution in [-0.2, 0) is 22.6 Å². The highest BCUT2D eigenvalue weighted by atomic mass is 16.7. The summed E-state index contributed by atoms with van der Waals surface area (Å²) in [6.45, 7) is 7.57. The predicted molar refractivity (Wildman–Crippen MR) is 117 cm³/mol. The number of fused-ring (bicyclic) bond motifs is 1. The van der Waals surface area contributed by atoms with Gasteiger partial charge in [0.25, 0.3) is 0 Å². The largest absolute Gasteiger partial charge is 0.454 e. The van der Waals surface area contributed by atoms with E-state index in [0.717, 1.165) is 48.7 Å². The van der Waals surface area contributed by atoms with Crippen LogP contribution in [0, 0.1) is 0 Å². The molecular weight excluding hydrogens is 394 g/mol. The Labute approximate surface area is 182 Å². The van der Waals surface area contributed by atoms with Crippen LogP contribution in [-0.4, -0.2) is 54.6 Å². The lowest BCUT2D eigenvalue weighted by molar-refractivity contribution is -0.147. The highest BCUT2D eigenvalue weighted by Crippen LogP contribution is 2.32. The summed E-state index contributed by atoms with van der Waals surface area (Å²) >= 11 is 0. The van der Waals surface area contributed by atoms with E-state index in [0.29, 0.717) is 13.1 Å². The SMILES string of the molecule is CCc1ccc(C(C)NC(=O)C(=O)N2CCN(Cc3ccc4c(c3)OCO4)CC2)cc1. The van der Waals surface area contributed by atoms with Crippen molar-refractivity contribution in [1.82, 2.24) is 15.1 Å². The van der Waals surface area contributed by atoms with E-state index < -0.39 is 11.8 Å². The number of rotatable bonds is 5. The van der Waals surface area contributed by atoms with E-state index in [2.05, 4.69) is 29.3 Å². The van der Waals surface area contributed by atoms with Gasteiger partial charge in [0.05, 0.1) is 6.04 Å². The first-order chi connectivity index (χ1) is 15.0. The van der Waals surface area contributed by atoms with Crippen LogP contribution in [0.3, 0.4) is 0 Å². The molecule has 7 nitrogen and oxygen atoms in total. The number of hydrogen-bond acceptors (Lipinski definition) is 5. The minimum atomic E-state index is -0.545. The number of nitrogens with one attached hydrogen (secondary N) is 1. The fraction of sp³-hybridized carbons (Fsp3) is 0.417. The fourth-order valence-corrected chi connectivity index (χ4v) is 3.93. The molecule has 0 bridgehead atoms. The number of hydrogen-bond donors (Lipinski definition) is 1. The average molecular weight is 424 g/mol. The molecule has 2 aliphatic rings. The van der Waals surface area contributed by atoms with Crippen LogP contribution < -0.4 is 14.8 Å². The van der Waals surface area contributed by atoms with Crippen LogP contribution in [0.2, 0.25) is 0 Å². The van der Waals surface area contributed by atoms with Gasteiger partial charge in [0, 0.05) is 32.7 Å². The smallest absolute Gasteiger partial charge is 0.311 e. The second-order valence-corrected chi connectivity index (χ2v) is 8.05. The number of carbonyl (C=O) groups excluding carboxylic acids is 2. The second-order valence-electron chi connectivity index (χ2n) is 8.05. The topological polar surface area (TPSA) is 71.1 Å². The molecule has 4 rings (SSSR count). The van der Waals surface area contributed by atoms with Gasteiger partial charge in [-0.2, -0.15) is 0 Å². The molecule has 31 heavy (non-hydrogen) atoms. The molecule has 0 saturated carbocycles. The van der Waals surface area contributed by atoms with Crippen molar-refractivity contribution in [2.24, 2.45) is 0 Å². The quantitative estimate of drug-likeness (QED) is 0.749. The molecule has 2 aromatic carbocycles. The standard InChI is InChI=1S/C24H29N3O4/c1-3-18-4-7-20(8-5-18)17(2)25-23(28)24(29)27-12-10-26(11-13-27)15-19-6-9-21-22(14-19)31-16-30-21/h4-9,14,17H,3,10-13,15-16H2,1-2H3,(H,25,28). The maximum atomic E-state index is 12.6. The van der Waals surface area contributed by atoms with E-state index >= 15 is 0 Å². The molecule has 1 N–H and O–H groups in total. The Kier molecular flexibility index (Phi) is 6.42. The van der Waals surface area contributed by atoms with Crippen LogP contribution in [0.15, 0.2) is 42.5 Å². The summed E-state index contributed by atoms with van der Waals surface area (Å²) in [7, 11) is 0. The number of amides is 2. The van der Waals surface area contributed by atoms with Gasteiger partial charge >= 0.3 is 11.8 Å². The maximum absolute atomic E-state index is 12.6. The fourth-order valence-electron chi connectivity index (χ4n) is 3.93. The van der Waals surface area contributed by atoms with Crippen molar-refractivity contribution in [1.29, 1.82) is 0 Å². The van der Waals surface area contributed by atoms with Gasteiger partial charge in [-0.1, -0.05) is 37.3 Å². The van der Waals surface area contributed by atoms with Gasteiger partial charge in [-0.05, 0) is 42.2 Å². The molecule has 1 fully saturated rings. The van der Waals surface area contributed by atoms with E-state index in [4.69, 9.17) is 9.47 Å². The number of ether oxygens (including phenoxy) is 2. The molecule has 2 aliphatic heterocycles. The van der Waals surface area contributed by atoms with Gasteiger partial charge in [0.15, 0.2) is 11.5 Å². The average Bonchev–Trinajstić information content (AvgIpc) is 3.27. The first-order valence-electron chi connectivity index (χ1n) is 10.8. The Morgan fingerprint density at radius 1 is 0.968 bits per heavy atom. The lowest BCUT2D eigenvalue weighted by Gasteiger charge is -2.34. The van der Waals surface area contributed by atoms with E-state index in [9.17, 15) is 9.59 Å². The zero-order chi connectivity index (χ0) is 21.8. The van der Waals surface area contributed by atoms with E-state index in [1.165, 1.54) is 5.56 Å². The van der Waals surface area contributed by atoms with E-state index in [-0.39, 0.29) is 12.8 Å². The lowest BCUT2D eigenvalue weighted by atomic mass is 10.0. The van der Waals surface area contributed by atoms with Gasteiger partial charge in [0.1, 0.15) is 0 Å². The van der Waals surface area contributed by atoms with Crippen molar-refractivity contribution >= 4 is 11.8 Å². The third kappa shape index (κ3) is 4.99. The third-order valence-electron chi connectivity index (χ3n) is 5.93. The zero-order valence-corrected chi connectivity index (χ0v) is 18.1. The van der Waals surface area contributed by atoms with Crippen molar-refractivity contribution in [2.75, 3.05) is 33.0 Å². The third-order valence-corrected chi connectivity index (χ3v) is 5.93. The molecule has 0 spiro atoms. The van der Waals surface area contributed by atoms with Crippen molar-refractivity contribution in [3.8, 4) is 11.5 Å². The summed E-state index contributed by atoms with van der Waals surface area (Å²) in [5, 5.41) is 2.84. The minimum Gasteiger partial charge on any atom is -0.454 e. The van der Waals surface area contributed by atoms with Gasteiger partial charge in [-0.25, -0.2) is 0 Å². The summed E-state index contributed by atoms with van der Waals surface area (Å²) in [6.07, 6.45) is 0.972. The van der Waals surface area contributed by atoms with Crippen molar-refractivity contribution in [3.05, 3.63) is 59.2 Å². The van der Waals surface area contributed by atoms with Gasteiger partial charge < -0.3 is 19.7 Å². The molecule has 0 radical (unpaired) electrons. The lowest BCUT2D eigenvalue weighted by Crippen LogP contribution is -2.52. The summed E-state index contributed by atoms with van der Waals surface area (Å²) in [5.41, 5.74) is 3.38. The first-order valence-corrected chi connectivity index (χ1v) is 10.8. The number of aryl methyl sites for hydroxylation is 1. The Morgan fingerprint density at radius 3 is 2.35 bits per heavy atom. The first kappa shape index (κ1) is 21.2. The molecule has 164 valence electrons. The highest BCUT2D eigenvalue weighted by Gasteiger charge is 2.27. The van der Waals surface area contributed by atoms with Crippen molar-refractivity contribution in [2.45, 2.75) is 32.9 Å². The normalized spacial score (nSPS) is 16.8. The zero-order valence-electron chi connectivity index (χ0n) is 18.1. The Morgan fingerprint density at radius 2 is 1.65 bits per heavy atom. The van der Waals surface area contributed by atoms with Gasteiger partial charge in [-0.3, -0.25) is 14.5 Å². The number of carbonyl (C=O) groups is 2. The predicted octanol–water partition coefficient (Wildman–Crippen LogP) is 2.50. The van der Waals surface area contributed by atoms with Crippen LogP contribution in [0.1, 0.15) is 36.6 Å². The molecule has 2 amide bonds. The minimum absolute atomic E-state index is 0.213. The Balaban J connectivity index is 1.25. The number of benzene rings is 2. The number of nitrogens with zero attached hydrogens (tertiary/aromatic N) is 2. The number of piperazine rings is 1. The van der Waals surface area contributed by atoms with Crippen LogP contribution >= 0.6 is 0 Å². The molecule has 1 saturated heterocycles. The van der Waals surface area contributed by atoms with Crippen LogP contribution in [0.25, 0.3) is 0 Å². The molecule has 0 aliphatic carbocycles. The van der Waals surface area contributed by atoms with Crippen molar-refractivity contribution < 1.29 is 19.1 Å². The van der Waals surface area contributed by atoms with Gasteiger partial charge in [0.2, 0.25) is 6.79 Å². The summed E-state index contributed by atoms with van der Waals surface area (Å²) in [5.74, 6) is 0.554. The van der Waals surface area contributed by atoms with Crippen LogP contribution in [0.4, 0.5) is 0 Å². The van der Waals surface area contributed by atoms with Gasteiger partial charge in [-0.15, -0.1) is 0 Å². The Bertz CT molecular complexity index is 936. The van der Waals surface area contributed by atoms with Crippen molar-refractivity contribution in [3.63, 3.8) is 0 Å². The molecule has 2 heterocycles. The monoisotopic (exact) mass is 423 g/mol. The summed E-state index contributed by atoms with van der Waals surface area (Å²) in [6, 6.07) is 13.9. The summed E-state index contributed by atoms with van der Waals surface area (Å²) < 4.78 is 10.8. The van der Waals surface area contributed by atoms with E-state index in [1.54, 1.807) is 4.90 Å².